The molecule has 136 valence electrons. The Kier molecular flexibility index (Phi) is 6.31. The third-order valence-corrected chi connectivity index (χ3v) is 5.50. The molecule has 1 atom stereocenters. The van der Waals surface area contributed by atoms with E-state index in [1.807, 2.05) is 0 Å². The maximum Gasteiger partial charge on any atom is 0.203 e. The van der Waals surface area contributed by atoms with Crippen LogP contribution in [0.2, 0.25) is 0 Å². The van der Waals surface area contributed by atoms with Crippen LogP contribution in [-0.2, 0) is 9.73 Å². The molecule has 2 aromatic rings. The number of oxime groups is 1. The zero-order chi connectivity index (χ0) is 18.4. The van der Waals surface area contributed by atoms with Gasteiger partial charge in [0.15, 0.2) is 5.69 Å². The van der Waals surface area contributed by atoms with Crippen LogP contribution >= 0.6 is 15.9 Å². The Morgan fingerprint density at radius 1 is 1.48 bits per heavy atom. The number of hydrogen-bond donors (Lipinski definition) is 3. The third-order valence-electron chi connectivity index (χ3n) is 3.15. The first kappa shape index (κ1) is 19.1. The molecule has 0 spiro atoms. The highest BCUT2D eigenvalue weighted by Gasteiger charge is 2.18. The van der Waals surface area contributed by atoms with E-state index in [-0.39, 0.29) is 21.8 Å². The van der Waals surface area contributed by atoms with Gasteiger partial charge in [-0.15, -0.1) is 0 Å². The van der Waals surface area contributed by atoms with E-state index in [9.17, 15) is 13.8 Å². The third kappa shape index (κ3) is 5.13. The van der Waals surface area contributed by atoms with Gasteiger partial charge in [0.25, 0.3) is 0 Å². The number of hydrogen-bond acceptors (Lipinski definition) is 8. The second-order valence-electron chi connectivity index (χ2n) is 4.94. The van der Waals surface area contributed by atoms with E-state index in [1.165, 1.54) is 25.2 Å². The fraction of sp³-hybridized carbons (Fsp3) is 0.308. The first-order valence-corrected chi connectivity index (χ1v) is 9.83. The van der Waals surface area contributed by atoms with Gasteiger partial charge in [0, 0.05) is 41.0 Å². The van der Waals surface area contributed by atoms with Crippen LogP contribution in [0.4, 0.5) is 15.9 Å². The van der Waals surface area contributed by atoms with E-state index in [0.29, 0.717) is 18.0 Å². The van der Waals surface area contributed by atoms with Gasteiger partial charge in [-0.3, -0.25) is 0 Å². The molecule has 1 heterocycles. The van der Waals surface area contributed by atoms with Crippen LogP contribution in [0.25, 0.3) is 0 Å². The standard InChI is InChI=1S/C13H16BrFN6O3S/c1-16-25(2,23)6-5-17-12-11(20-24-21-12)13(19-22)18-8-3-4-10(15)9(14)7-8/h3-4,7,22H,5-6H2,1-2H3,(H,17,21)(H,18,19)/t25-/m0/s1. The van der Waals surface area contributed by atoms with Crippen LogP contribution in [0.15, 0.2) is 36.8 Å². The smallest absolute Gasteiger partial charge is 0.203 e. The SMILES string of the molecule is CN=[S@@](C)(=O)CCNc1nonc1/C(=N/O)Nc1ccc(F)c(Br)c1. The van der Waals surface area contributed by atoms with Crippen molar-refractivity contribution in [3.63, 3.8) is 0 Å². The van der Waals surface area contributed by atoms with Gasteiger partial charge in [0.05, 0.1) is 4.47 Å². The molecular formula is C13H16BrFN6O3S. The van der Waals surface area contributed by atoms with Gasteiger partial charge in [-0.2, -0.15) is 0 Å². The van der Waals surface area contributed by atoms with Gasteiger partial charge in [-0.1, -0.05) is 5.16 Å². The number of anilines is 2. The summed E-state index contributed by atoms with van der Waals surface area (Å²) in [6, 6.07) is 4.17. The summed E-state index contributed by atoms with van der Waals surface area (Å²) >= 11 is 3.07. The second kappa shape index (κ2) is 8.25. The summed E-state index contributed by atoms with van der Waals surface area (Å²) < 4.78 is 33.9. The summed E-state index contributed by atoms with van der Waals surface area (Å²) in [7, 11) is -0.778. The Morgan fingerprint density at radius 2 is 2.24 bits per heavy atom. The van der Waals surface area contributed by atoms with Gasteiger partial charge in [0.2, 0.25) is 11.7 Å². The van der Waals surface area contributed by atoms with Crippen LogP contribution in [0.3, 0.4) is 0 Å². The summed E-state index contributed by atoms with van der Waals surface area (Å²) in [5, 5.41) is 25.4. The molecule has 0 unspecified atom stereocenters. The number of rotatable bonds is 6. The fourth-order valence-electron chi connectivity index (χ4n) is 1.75. The molecule has 2 rings (SSSR count). The van der Waals surface area contributed by atoms with Gasteiger partial charge in [-0.05, 0) is 44.4 Å². The van der Waals surface area contributed by atoms with Crippen molar-refractivity contribution in [2.24, 2.45) is 9.52 Å². The lowest BCUT2D eigenvalue weighted by molar-refractivity contribution is 0.305. The van der Waals surface area contributed by atoms with Crippen molar-refractivity contribution in [1.82, 2.24) is 10.3 Å². The van der Waals surface area contributed by atoms with Crippen molar-refractivity contribution < 1.29 is 18.4 Å². The number of halogens is 2. The molecule has 1 aromatic carbocycles. The lowest BCUT2D eigenvalue weighted by atomic mass is 10.3. The van der Waals surface area contributed by atoms with E-state index in [1.54, 1.807) is 6.26 Å². The Bertz CT molecular complexity index is 894. The molecule has 0 saturated carbocycles. The molecule has 0 fully saturated rings. The Balaban J connectivity index is 2.13. The second-order valence-corrected chi connectivity index (χ2v) is 8.48. The summed E-state index contributed by atoms with van der Waals surface area (Å²) in [4.78, 5) is 0. The molecule has 0 amide bonds. The molecular weight excluding hydrogens is 419 g/mol. The number of benzene rings is 1. The van der Waals surface area contributed by atoms with E-state index < -0.39 is 15.5 Å². The number of nitrogens with zero attached hydrogens (tertiary/aromatic N) is 4. The molecule has 9 nitrogen and oxygen atoms in total. The van der Waals surface area contributed by atoms with Gasteiger partial charge in [0.1, 0.15) is 5.82 Å². The molecule has 0 aliphatic carbocycles. The molecule has 0 aliphatic rings. The molecule has 3 N–H and O–H groups in total. The minimum Gasteiger partial charge on any atom is -0.409 e. The van der Waals surface area contributed by atoms with Crippen molar-refractivity contribution in [2.45, 2.75) is 0 Å². The highest BCUT2D eigenvalue weighted by molar-refractivity contribution is 9.10. The normalized spacial score (nSPS) is 14.0. The maximum atomic E-state index is 13.3. The molecule has 25 heavy (non-hydrogen) atoms. The summed E-state index contributed by atoms with van der Waals surface area (Å²) in [5.41, 5.74) is 0.565. The average molecular weight is 435 g/mol. The molecule has 0 bridgehead atoms. The Hall–Kier alpha value is -2.21. The maximum absolute atomic E-state index is 13.3. The fourth-order valence-corrected chi connectivity index (χ4v) is 2.79. The van der Waals surface area contributed by atoms with Crippen LogP contribution in [0, 0.1) is 5.82 Å². The predicted molar refractivity (Wildman–Crippen MR) is 96.1 cm³/mol. The van der Waals surface area contributed by atoms with Crippen molar-refractivity contribution >= 4 is 43.0 Å². The highest BCUT2D eigenvalue weighted by atomic mass is 79.9. The first-order valence-electron chi connectivity index (χ1n) is 6.95. The topological polar surface area (TPSA) is 125 Å². The van der Waals surface area contributed by atoms with E-state index in [2.05, 4.69) is 51.0 Å². The Morgan fingerprint density at radius 3 is 2.88 bits per heavy atom. The van der Waals surface area contributed by atoms with E-state index in [4.69, 9.17) is 0 Å². The van der Waals surface area contributed by atoms with Gasteiger partial charge >= 0.3 is 0 Å². The van der Waals surface area contributed by atoms with Crippen molar-refractivity contribution in [2.75, 3.05) is 36.2 Å². The van der Waals surface area contributed by atoms with Crippen LogP contribution < -0.4 is 10.6 Å². The van der Waals surface area contributed by atoms with Gasteiger partial charge < -0.3 is 15.8 Å². The van der Waals surface area contributed by atoms with Crippen LogP contribution in [0.1, 0.15) is 5.69 Å². The van der Waals surface area contributed by atoms with E-state index >= 15 is 0 Å². The number of nitrogens with one attached hydrogen (secondary N) is 2. The van der Waals surface area contributed by atoms with Crippen molar-refractivity contribution in [3.8, 4) is 0 Å². The molecule has 1 aromatic heterocycles. The average Bonchev–Trinajstić information content (AvgIpc) is 3.04. The first-order chi connectivity index (χ1) is 11.9. The lowest BCUT2D eigenvalue weighted by Gasteiger charge is -2.08. The molecule has 0 aliphatic heterocycles. The van der Waals surface area contributed by atoms with Crippen LogP contribution in [0.5, 0.6) is 0 Å². The van der Waals surface area contributed by atoms with Gasteiger partial charge in [-0.25, -0.2) is 17.6 Å². The van der Waals surface area contributed by atoms with Crippen LogP contribution in [-0.4, -0.2) is 51.2 Å². The summed E-state index contributed by atoms with van der Waals surface area (Å²) in [6.07, 6.45) is 1.55. The van der Waals surface area contributed by atoms with Crippen molar-refractivity contribution in [1.29, 1.82) is 0 Å². The number of aromatic nitrogens is 2. The number of amidine groups is 1. The van der Waals surface area contributed by atoms with E-state index in [0.717, 1.165) is 0 Å². The van der Waals surface area contributed by atoms with Crippen molar-refractivity contribution in [3.05, 3.63) is 34.2 Å². The summed E-state index contributed by atoms with van der Waals surface area (Å²) in [6.45, 7) is 0.300. The zero-order valence-electron chi connectivity index (χ0n) is 13.4. The molecule has 0 saturated heterocycles. The monoisotopic (exact) mass is 434 g/mol. The zero-order valence-corrected chi connectivity index (χ0v) is 15.8. The summed E-state index contributed by atoms with van der Waals surface area (Å²) in [5.74, 6) is 0.00941. The minimum atomic E-state index is -2.27. The molecule has 0 radical (unpaired) electrons. The molecule has 12 heteroatoms. The largest absolute Gasteiger partial charge is 0.409 e. The highest BCUT2D eigenvalue weighted by Crippen LogP contribution is 2.21. The quantitative estimate of drug-likeness (QED) is 0.275. The lowest BCUT2D eigenvalue weighted by Crippen LogP contribution is -2.19. The Labute approximate surface area is 152 Å². The predicted octanol–water partition coefficient (Wildman–Crippen LogP) is 2.36. The minimum absolute atomic E-state index is 0.0559.